The van der Waals surface area contributed by atoms with Gasteiger partial charge in [-0.05, 0) is 19.3 Å². The highest BCUT2D eigenvalue weighted by molar-refractivity contribution is 4.80. The van der Waals surface area contributed by atoms with E-state index in [4.69, 9.17) is 10.8 Å². The quantitative estimate of drug-likeness (QED) is 0.464. The van der Waals surface area contributed by atoms with Gasteiger partial charge in [0, 0.05) is 18.6 Å². The van der Waals surface area contributed by atoms with E-state index < -0.39 is 0 Å². The molecule has 1 rings (SSSR count). The number of hydrogen-bond acceptors (Lipinski definition) is 3. The average Bonchev–Trinajstić information content (AvgIpc) is 1.94. The van der Waals surface area contributed by atoms with Crippen molar-refractivity contribution < 1.29 is 10.2 Å². The van der Waals surface area contributed by atoms with Gasteiger partial charge in [0.1, 0.15) is 0 Å². The fourth-order valence-electron chi connectivity index (χ4n) is 1.48. The highest BCUT2D eigenvalue weighted by Crippen LogP contribution is 2.22. The number of aliphatic hydroxyl groups is 2. The van der Waals surface area contributed by atoms with Crippen LogP contribution in [0.4, 0.5) is 0 Å². The van der Waals surface area contributed by atoms with Gasteiger partial charge in [0.2, 0.25) is 0 Å². The maximum absolute atomic E-state index is 9.27. The van der Waals surface area contributed by atoms with Gasteiger partial charge >= 0.3 is 0 Å². The normalized spacial score (nSPS) is 41.7. The van der Waals surface area contributed by atoms with E-state index in [1.165, 1.54) is 0 Å². The summed E-state index contributed by atoms with van der Waals surface area (Å²) in [6, 6.07) is 0.181. The van der Waals surface area contributed by atoms with Crippen LogP contribution in [0.5, 0.6) is 0 Å². The van der Waals surface area contributed by atoms with E-state index in [1.807, 2.05) is 0 Å². The largest absolute Gasteiger partial charge is 0.396 e. The molecule has 3 atom stereocenters. The summed E-state index contributed by atoms with van der Waals surface area (Å²) in [4.78, 5) is 0. The van der Waals surface area contributed by atoms with Crippen LogP contribution in [0.1, 0.15) is 19.3 Å². The Morgan fingerprint density at radius 3 is 2.60 bits per heavy atom. The molecule has 3 nitrogen and oxygen atoms in total. The van der Waals surface area contributed by atoms with Crippen molar-refractivity contribution in [3.8, 4) is 0 Å². The van der Waals surface area contributed by atoms with Crippen molar-refractivity contribution in [3.63, 3.8) is 0 Å². The van der Waals surface area contributed by atoms with E-state index in [2.05, 4.69) is 0 Å². The third-order valence-corrected chi connectivity index (χ3v) is 2.22. The van der Waals surface area contributed by atoms with Crippen LogP contribution < -0.4 is 5.73 Å². The van der Waals surface area contributed by atoms with Crippen LogP contribution in [-0.4, -0.2) is 29.0 Å². The first kappa shape index (κ1) is 7.98. The Hall–Kier alpha value is -0.120. The lowest BCUT2D eigenvalue weighted by Gasteiger charge is -2.29. The van der Waals surface area contributed by atoms with E-state index in [-0.39, 0.29) is 24.7 Å². The summed E-state index contributed by atoms with van der Waals surface area (Å²) in [5, 5.41) is 18.0. The Kier molecular flexibility index (Phi) is 2.65. The first-order chi connectivity index (χ1) is 4.74. The average molecular weight is 145 g/mol. The molecular weight excluding hydrogens is 130 g/mol. The molecule has 0 saturated heterocycles. The zero-order valence-electron chi connectivity index (χ0n) is 6.03. The Morgan fingerprint density at radius 1 is 1.40 bits per heavy atom. The first-order valence-corrected chi connectivity index (χ1v) is 3.78. The van der Waals surface area contributed by atoms with Crippen molar-refractivity contribution in [3.05, 3.63) is 0 Å². The standard InChI is InChI=1S/C7H15NO2/c8-6-1-2-7(10)5(3-6)4-9/h5-7,9-10H,1-4,8H2/t5-,6+,7+/m1/s1. The van der Waals surface area contributed by atoms with Crippen LogP contribution >= 0.6 is 0 Å². The molecule has 1 saturated carbocycles. The fraction of sp³-hybridized carbons (Fsp3) is 1.00. The molecule has 1 aliphatic rings. The minimum Gasteiger partial charge on any atom is -0.396 e. The molecule has 1 aliphatic carbocycles. The first-order valence-electron chi connectivity index (χ1n) is 3.78. The summed E-state index contributed by atoms with van der Waals surface area (Å²) < 4.78 is 0. The van der Waals surface area contributed by atoms with Crippen LogP contribution in [0.3, 0.4) is 0 Å². The zero-order valence-corrected chi connectivity index (χ0v) is 6.03. The lowest BCUT2D eigenvalue weighted by molar-refractivity contribution is 0.0299. The van der Waals surface area contributed by atoms with Crippen LogP contribution in [0.25, 0.3) is 0 Å². The Morgan fingerprint density at radius 2 is 2.10 bits per heavy atom. The topological polar surface area (TPSA) is 66.5 Å². The van der Waals surface area contributed by atoms with Crippen molar-refractivity contribution in [2.45, 2.75) is 31.4 Å². The van der Waals surface area contributed by atoms with E-state index >= 15 is 0 Å². The molecule has 60 valence electrons. The minimum absolute atomic E-state index is 0.0174. The Labute approximate surface area is 60.9 Å². The van der Waals surface area contributed by atoms with Crippen molar-refractivity contribution in [2.75, 3.05) is 6.61 Å². The van der Waals surface area contributed by atoms with Gasteiger partial charge in [-0.3, -0.25) is 0 Å². The van der Waals surface area contributed by atoms with Gasteiger partial charge in [-0.2, -0.15) is 0 Å². The maximum atomic E-state index is 9.27. The second-order valence-corrected chi connectivity index (χ2v) is 3.08. The molecule has 0 spiro atoms. The van der Waals surface area contributed by atoms with Gasteiger partial charge in [0.15, 0.2) is 0 Å². The lowest BCUT2D eigenvalue weighted by atomic mass is 9.84. The number of nitrogens with two attached hydrogens (primary N) is 1. The van der Waals surface area contributed by atoms with Crippen molar-refractivity contribution >= 4 is 0 Å². The maximum Gasteiger partial charge on any atom is 0.0591 e. The molecule has 0 bridgehead atoms. The molecule has 0 aromatic heterocycles. The van der Waals surface area contributed by atoms with E-state index in [1.54, 1.807) is 0 Å². The van der Waals surface area contributed by atoms with Crippen LogP contribution in [-0.2, 0) is 0 Å². The molecule has 0 radical (unpaired) electrons. The van der Waals surface area contributed by atoms with Crippen molar-refractivity contribution in [2.24, 2.45) is 11.7 Å². The predicted octanol–water partition coefficient (Wildman–Crippen LogP) is -0.533. The van der Waals surface area contributed by atoms with Gasteiger partial charge < -0.3 is 15.9 Å². The van der Waals surface area contributed by atoms with Gasteiger partial charge in [-0.25, -0.2) is 0 Å². The molecule has 4 N–H and O–H groups in total. The highest BCUT2D eigenvalue weighted by Gasteiger charge is 2.26. The van der Waals surface area contributed by atoms with Gasteiger partial charge in [0.25, 0.3) is 0 Å². The zero-order chi connectivity index (χ0) is 7.56. The van der Waals surface area contributed by atoms with E-state index in [9.17, 15) is 5.11 Å². The molecule has 10 heavy (non-hydrogen) atoms. The molecule has 0 aliphatic heterocycles. The van der Waals surface area contributed by atoms with Gasteiger partial charge in [0.05, 0.1) is 6.10 Å². The predicted molar refractivity (Wildman–Crippen MR) is 38.4 cm³/mol. The summed E-state index contributed by atoms with van der Waals surface area (Å²) in [6.45, 7) is 0.0644. The van der Waals surface area contributed by atoms with Gasteiger partial charge in [-0.15, -0.1) is 0 Å². The summed E-state index contributed by atoms with van der Waals surface area (Å²) in [5.74, 6) is 0.0174. The fourth-order valence-corrected chi connectivity index (χ4v) is 1.48. The van der Waals surface area contributed by atoms with E-state index in [0.717, 1.165) is 19.3 Å². The number of hydrogen-bond donors (Lipinski definition) is 3. The third kappa shape index (κ3) is 1.68. The molecule has 0 amide bonds. The monoisotopic (exact) mass is 145 g/mol. The van der Waals surface area contributed by atoms with Crippen molar-refractivity contribution in [1.29, 1.82) is 0 Å². The highest BCUT2D eigenvalue weighted by atomic mass is 16.3. The summed E-state index contributed by atoms with van der Waals surface area (Å²) in [6.07, 6.45) is 2.06. The summed E-state index contributed by atoms with van der Waals surface area (Å²) in [7, 11) is 0. The molecule has 0 aromatic carbocycles. The second kappa shape index (κ2) is 3.32. The second-order valence-electron chi connectivity index (χ2n) is 3.08. The van der Waals surface area contributed by atoms with Gasteiger partial charge in [-0.1, -0.05) is 0 Å². The Balaban J connectivity index is 2.38. The van der Waals surface area contributed by atoms with Crippen LogP contribution in [0.15, 0.2) is 0 Å². The molecule has 0 heterocycles. The molecular formula is C7H15NO2. The van der Waals surface area contributed by atoms with Crippen LogP contribution in [0.2, 0.25) is 0 Å². The molecule has 0 aromatic rings. The summed E-state index contributed by atoms with van der Waals surface area (Å²) >= 11 is 0. The van der Waals surface area contributed by atoms with Crippen molar-refractivity contribution in [1.82, 2.24) is 0 Å². The number of rotatable bonds is 1. The van der Waals surface area contributed by atoms with Crippen LogP contribution in [0, 0.1) is 5.92 Å². The Bertz CT molecular complexity index is 108. The molecule has 0 unspecified atom stereocenters. The SMILES string of the molecule is N[C@H]1CC[C@H](O)[C@@H](CO)C1. The molecule has 3 heteroatoms. The number of aliphatic hydroxyl groups excluding tert-OH is 2. The summed E-state index contributed by atoms with van der Waals surface area (Å²) in [5.41, 5.74) is 5.64. The molecule has 1 fully saturated rings. The smallest absolute Gasteiger partial charge is 0.0591 e. The van der Waals surface area contributed by atoms with E-state index in [0.29, 0.717) is 0 Å². The minimum atomic E-state index is -0.329. The lowest BCUT2D eigenvalue weighted by Crippen LogP contribution is -2.37. The third-order valence-electron chi connectivity index (χ3n) is 2.22.